The van der Waals surface area contributed by atoms with Crippen molar-refractivity contribution in [2.75, 3.05) is 0 Å². The van der Waals surface area contributed by atoms with Crippen molar-refractivity contribution in [3.05, 3.63) is 176 Å². The second kappa shape index (κ2) is 11.7. The second-order valence-electron chi connectivity index (χ2n) is 12.1. The van der Waals surface area contributed by atoms with E-state index in [0.29, 0.717) is 17.5 Å². The van der Waals surface area contributed by atoms with Crippen LogP contribution < -0.4 is 0 Å². The highest BCUT2D eigenvalue weighted by molar-refractivity contribution is 6.00. The van der Waals surface area contributed by atoms with Crippen LogP contribution in [0.15, 0.2) is 176 Å². The Morgan fingerprint density at radius 1 is 0.250 bits per heavy atom. The van der Waals surface area contributed by atoms with Crippen molar-refractivity contribution in [2.45, 2.75) is 0 Å². The summed E-state index contributed by atoms with van der Waals surface area (Å²) in [5.74, 6) is 1.95. The van der Waals surface area contributed by atoms with Gasteiger partial charge in [-0.15, -0.1) is 0 Å². The predicted octanol–water partition coefficient (Wildman–Crippen LogP) is 11.7. The minimum atomic E-state index is 0.648. The Kier molecular flexibility index (Phi) is 6.80. The van der Waals surface area contributed by atoms with Gasteiger partial charge in [0.05, 0.1) is 0 Å². The fourth-order valence-corrected chi connectivity index (χ4v) is 6.65. The van der Waals surface area contributed by atoms with Gasteiger partial charge >= 0.3 is 0 Å². The maximum Gasteiger partial charge on any atom is 0.164 e. The van der Waals surface area contributed by atoms with Gasteiger partial charge in [0.1, 0.15) is 0 Å². The normalized spacial score (nSPS) is 11.3. The van der Waals surface area contributed by atoms with Crippen molar-refractivity contribution in [2.24, 2.45) is 0 Å². The Labute approximate surface area is 278 Å². The molecule has 0 amide bonds. The van der Waals surface area contributed by atoms with E-state index in [1.807, 2.05) is 24.3 Å². The third kappa shape index (κ3) is 5.08. The van der Waals surface area contributed by atoms with Crippen LogP contribution in [0.25, 0.3) is 88.7 Å². The Hall–Kier alpha value is -6.45. The zero-order valence-electron chi connectivity index (χ0n) is 26.1. The SMILES string of the molecule is c1ccc(-c2ccc3cccc(-c4nc(-c5ccccc5)nc(-c5ccc6cc(-c7cccc8ccccc78)ccc6c5)n4)c3c2)cc1. The van der Waals surface area contributed by atoms with Crippen molar-refractivity contribution >= 4 is 32.3 Å². The van der Waals surface area contributed by atoms with Crippen LogP contribution in [0, 0.1) is 0 Å². The second-order valence-corrected chi connectivity index (χ2v) is 12.1. The van der Waals surface area contributed by atoms with Crippen molar-refractivity contribution < 1.29 is 0 Å². The molecule has 0 radical (unpaired) electrons. The average molecular weight is 612 g/mol. The summed E-state index contributed by atoms with van der Waals surface area (Å²) in [4.78, 5) is 15.2. The summed E-state index contributed by atoms with van der Waals surface area (Å²) < 4.78 is 0. The molecule has 1 heterocycles. The molecule has 0 bridgehead atoms. The van der Waals surface area contributed by atoms with Gasteiger partial charge in [0, 0.05) is 16.7 Å². The molecule has 3 heteroatoms. The fourth-order valence-electron chi connectivity index (χ4n) is 6.65. The van der Waals surface area contributed by atoms with Gasteiger partial charge in [-0.1, -0.05) is 158 Å². The van der Waals surface area contributed by atoms with E-state index in [-0.39, 0.29) is 0 Å². The molecular formula is C45H29N3. The molecule has 3 nitrogen and oxygen atoms in total. The Balaban J connectivity index is 1.18. The first-order valence-corrected chi connectivity index (χ1v) is 16.2. The lowest BCUT2D eigenvalue weighted by Gasteiger charge is -2.12. The summed E-state index contributed by atoms with van der Waals surface area (Å²) in [6.07, 6.45) is 0. The van der Waals surface area contributed by atoms with Crippen LogP contribution in [0.1, 0.15) is 0 Å². The number of benzene rings is 8. The standard InChI is InChI=1S/C45H29N3/c1-3-11-30(12-4-1)36-22-21-32-17-10-20-41(42(32)29-36)45-47-43(33-14-5-2-6-15-33)46-44(48-45)38-26-24-34-27-37(25-23-35(34)28-38)40-19-9-16-31-13-7-8-18-39(31)40/h1-29H. The summed E-state index contributed by atoms with van der Waals surface area (Å²) >= 11 is 0. The first-order valence-electron chi connectivity index (χ1n) is 16.2. The highest BCUT2D eigenvalue weighted by Gasteiger charge is 2.15. The molecule has 0 N–H and O–H groups in total. The third-order valence-corrected chi connectivity index (χ3v) is 9.10. The van der Waals surface area contributed by atoms with Gasteiger partial charge in [-0.2, -0.15) is 0 Å². The van der Waals surface area contributed by atoms with Crippen LogP contribution in [0.3, 0.4) is 0 Å². The lowest BCUT2D eigenvalue weighted by molar-refractivity contribution is 1.08. The molecule has 48 heavy (non-hydrogen) atoms. The molecule has 9 rings (SSSR count). The maximum atomic E-state index is 5.14. The monoisotopic (exact) mass is 611 g/mol. The average Bonchev–Trinajstić information content (AvgIpc) is 3.17. The van der Waals surface area contributed by atoms with Gasteiger partial charge in [0.25, 0.3) is 0 Å². The quantitative estimate of drug-likeness (QED) is 0.194. The van der Waals surface area contributed by atoms with E-state index in [0.717, 1.165) is 38.4 Å². The molecule has 0 aliphatic rings. The van der Waals surface area contributed by atoms with Gasteiger partial charge in [-0.3, -0.25) is 0 Å². The van der Waals surface area contributed by atoms with Crippen molar-refractivity contribution in [3.8, 4) is 56.4 Å². The highest BCUT2D eigenvalue weighted by atomic mass is 15.0. The van der Waals surface area contributed by atoms with Gasteiger partial charge in [0.15, 0.2) is 17.5 Å². The van der Waals surface area contributed by atoms with Gasteiger partial charge in [-0.05, 0) is 72.8 Å². The summed E-state index contributed by atoms with van der Waals surface area (Å²) in [5, 5.41) is 7.05. The summed E-state index contributed by atoms with van der Waals surface area (Å²) in [6, 6.07) is 61.8. The van der Waals surface area contributed by atoms with Crippen LogP contribution in [-0.2, 0) is 0 Å². The number of rotatable bonds is 5. The van der Waals surface area contributed by atoms with Gasteiger partial charge in [0.2, 0.25) is 0 Å². The van der Waals surface area contributed by atoms with E-state index in [9.17, 15) is 0 Å². The highest BCUT2D eigenvalue weighted by Crippen LogP contribution is 2.35. The molecular weight excluding hydrogens is 583 g/mol. The molecule has 0 saturated carbocycles. The first kappa shape index (κ1) is 27.8. The van der Waals surface area contributed by atoms with Crippen LogP contribution >= 0.6 is 0 Å². The Morgan fingerprint density at radius 2 is 0.771 bits per heavy atom. The largest absolute Gasteiger partial charge is 0.208 e. The number of hydrogen-bond donors (Lipinski definition) is 0. The summed E-state index contributed by atoms with van der Waals surface area (Å²) in [6.45, 7) is 0. The van der Waals surface area contributed by atoms with Gasteiger partial charge in [-0.25, -0.2) is 15.0 Å². The Bertz CT molecular complexity index is 2600. The van der Waals surface area contributed by atoms with Crippen molar-refractivity contribution in [1.82, 2.24) is 15.0 Å². The third-order valence-electron chi connectivity index (χ3n) is 9.10. The van der Waals surface area contributed by atoms with E-state index in [1.165, 1.54) is 32.8 Å². The number of hydrogen-bond acceptors (Lipinski definition) is 3. The summed E-state index contributed by atoms with van der Waals surface area (Å²) in [5.41, 5.74) is 7.65. The molecule has 0 atom stereocenters. The number of fused-ring (bicyclic) bond motifs is 3. The van der Waals surface area contributed by atoms with Gasteiger partial charge < -0.3 is 0 Å². The van der Waals surface area contributed by atoms with Crippen LogP contribution in [-0.4, -0.2) is 15.0 Å². The molecule has 0 saturated heterocycles. The Morgan fingerprint density at radius 3 is 1.54 bits per heavy atom. The molecule has 0 aliphatic carbocycles. The topological polar surface area (TPSA) is 38.7 Å². The molecule has 0 fully saturated rings. The van der Waals surface area contributed by atoms with Crippen LogP contribution in [0.5, 0.6) is 0 Å². The minimum Gasteiger partial charge on any atom is -0.208 e. The van der Waals surface area contributed by atoms with E-state index < -0.39 is 0 Å². The number of nitrogens with zero attached hydrogens (tertiary/aromatic N) is 3. The molecule has 1 aromatic heterocycles. The smallest absolute Gasteiger partial charge is 0.164 e. The van der Waals surface area contributed by atoms with E-state index in [1.54, 1.807) is 0 Å². The van der Waals surface area contributed by atoms with Crippen LogP contribution in [0.4, 0.5) is 0 Å². The zero-order valence-corrected chi connectivity index (χ0v) is 26.1. The lowest BCUT2D eigenvalue weighted by atomic mass is 9.95. The number of aromatic nitrogens is 3. The van der Waals surface area contributed by atoms with E-state index >= 15 is 0 Å². The first-order chi connectivity index (χ1) is 23.8. The molecule has 8 aromatic carbocycles. The molecule has 9 aromatic rings. The van der Waals surface area contributed by atoms with E-state index in [4.69, 9.17) is 15.0 Å². The lowest BCUT2D eigenvalue weighted by Crippen LogP contribution is -2.00. The molecule has 0 unspecified atom stereocenters. The summed E-state index contributed by atoms with van der Waals surface area (Å²) in [7, 11) is 0. The minimum absolute atomic E-state index is 0.648. The predicted molar refractivity (Wildman–Crippen MR) is 200 cm³/mol. The van der Waals surface area contributed by atoms with E-state index in [2.05, 4.69) is 152 Å². The van der Waals surface area contributed by atoms with Crippen molar-refractivity contribution in [1.29, 1.82) is 0 Å². The van der Waals surface area contributed by atoms with Crippen LogP contribution in [0.2, 0.25) is 0 Å². The van der Waals surface area contributed by atoms with Crippen molar-refractivity contribution in [3.63, 3.8) is 0 Å². The molecule has 224 valence electrons. The zero-order chi connectivity index (χ0) is 31.9. The molecule has 0 spiro atoms. The fraction of sp³-hybridized carbons (Fsp3) is 0. The molecule has 0 aliphatic heterocycles. The maximum absolute atomic E-state index is 5.14.